The molecular weight excluding hydrogens is 254 g/mol. The molecule has 0 spiro atoms. The molecule has 0 bridgehead atoms. The predicted octanol–water partition coefficient (Wildman–Crippen LogP) is 3.80. The van der Waals surface area contributed by atoms with Crippen LogP contribution in [0.25, 0.3) is 0 Å². The first kappa shape index (κ1) is 14.8. The van der Waals surface area contributed by atoms with Crippen molar-refractivity contribution in [2.45, 2.75) is 71.5 Å². The van der Waals surface area contributed by atoms with Crippen molar-refractivity contribution in [3.63, 3.8) is 0 Å². The van der Waals surface area contributed by atoms with E-state index in [9.17, 15) is 0 Å². The highest BCUT2D eigenvalue weighted by atomic mass is 32.1. The van der Waals surface area contributed by atoms with Crippen LogP contribution < -0.4 is 10.2 Å². The standard InChI is InChI=1S/C15H27N3S/c1-5-6-9-18(13-7-8-13)14-17-12(11-19-14)10-16-15(2,3)4/h11,13,16H,5-10H2,1-4H3. The lowest BCUT2D eigenvalue weighted by Crippen LogP contribution is -2.35. The van der Waals surface area contributed by atoms with Crippen molar-refractivity contribution in [1.82, 2.24) is 10.3 Å². The molecule has 19 heavy (non-hydrogen) atoms. The van der Waals surface area contributed by atoms with E-state index in [2.05, 4.69) is 43.3 Å². The van der Waals surface area contributed by atoms with Gasteiger partial charge in [-0.05, 0) is 40.0 Å². The molecule has 0 radical (unpaired) electrons. The Morgan fingerprint density at radius 3 is 2.74 bits per heavy atom. The Morgan fingerprint density at radius 1 is 1.42 bits per heavy atom. The van der Waals surface area contributed by atoms with Crippen LogP contribution in [0.2, 0.25) is 0 Å². The van der Waals surface area contributed by atoms with Crippen molar-refractivity contribution < 1.29 is 0 Å². The Kier molecular flexibility index (Phi) is 4.85. The summed E-state index contributed by atoms with van der Waals surface area (Å²) in [6.45, 7) is 10.9. The van der Waals surface area contributed by atoms with Gasteiger partial charge in [0, 0.05) is 30.1 Å². The van der Waals surface area contributed by atoms with E-state index in [1.54, 1.807) is 11.3 Å². The van der Waals surface area contributed by atoms with E-state index in [1.165, 1.54) is 43.1 Å². The van der Waals surface area contributed by atoms with Gasteiger partial charge in [0.25, 0.3) is 0 Å². The zero-order valence-electron chi connectivity index (χ0n) is 12.7. The third-order valence-electron chi connectivity index (χ3n) is 3.33. The third-order valence-corrected chi connectivity index (χ3v) is 4.25. The summed E-state index contributed by atoms with van der Waals surface area (Å²) in [7, 11) is 0. The van der Waals surface area contributed by atoms with E-state index in [4.69, 9.17) is 4.98 Å². The molecule has 0 aliphatic heterocycles. The van der Waals surface area contributed by atoms with Gasteiger partial charge in [0.15, 0.2) is 5.13 Å². The fourth-order valence-corrected chi connectivity index (χ4v) is 2.94. The van der Waals surface area contributed by atoms with Gasteiger partial charge in [0.1, 0.15) is 0 Å². The van der Waals surface area contributed by atoms with Crippen LogP contribution >= 0.6 is 11.3 Å². The van der Waals surface area contributed by atoms with Crippen LogP contribution in [0.15, 0.2) is 5.38 Å². The molecule has 0 unspecified atom stereocenters. The van der Waals surface area contributed by atoms with E-state index < -0.39 is 0 Å². The summed E-state index contributed by atoms with van der Waals surface area (Å²) in [5.41, 5.74) is 1.33. The van der Waals surface area contributed by atoms with Gasteiger partial charge < -0.3 is 10.2 Å². The number of anilines is 1. The number of unbranched alkanes of at least 4 members (excludes halogenated alkanes) is 1. The summed E-state index contributed by atoms with van der Waals surface area (Å²) in [6, 6.07) is 0.765. The molecule has 1 aliphatic carbocycles. The van der Waals surface area contributed by atoms with Gasteiger partial charge in [-0.2, -0.15) is 0 Å². The van der Waals surface area contributed by atoms with Crippen molar-refractivity contribution in [2.24, 2.45) is 0 Å². The largest absolute Gasteiger partial charge is 0.345 e. The van der Waals surface area contributed by atoms with Crippen LogP contribution in [0, 0.1) is 0 Å². The van der Waals surface area contributed by atoms with Crippen molar-refractivity contribution in [3.05, 3.63) is 11.1 Å². The molecule has 1 aromatic rings. The van der Waals surface area contributed by atoms with Crippen LogP contribution in [0.3, 0.4) is 0 Å². The zero-order chi connectivity index (χ0) is 13.9. The highest BCUT2D eigenvalue weighted by Crippen LogP contribution is 2.33. The first-order chi connectivity index (χ1) is 8.99. The first-order valence-corrected chi connectivity index (χ1v) is 8.33. The molecule has 1 aliphatic rings. The van der Waals surface area contributed by atoms with Crippen molar-refractivity contribution in [3.8, 4) is 0 Å². The Balaban J connectivity index is 1.94. The number of hydrogen-bond acceptors (Lipinski definition) is 4. The van der Waals surface area contributed by atoms with E-state index in [0.29, 0.717) is 0 Å². The number of aromatic nitrogens is 1. The normalized spacial score (nSPS) is 15.8. The smallest absolute Gasteiger partial charge is 0.185 e. The van der Waals surface area contributed by atoms with E-state index >= 15 is 0 Å². The predicted molar refractivity (Wildman–Crippen MR) is 84.0 cm³/mol. The molecular formula is C15H27N3S. The zero-order valence-corrected chi connectivity index (χ0v) is 13.5. The highest BCUT2D eigenvalue weighted by molar-refractivity contribution is 7.13. The fraction of sp³-hybridized carbons (Fsp3) is 0.800. The van der Waals surface area contributed by atoms with E-state index in [1.807, 2.05) is 0 Å². The van der Waals surface area contributed by atoms with Gasteiger partial charge in [-0.15, -0.1) is 11.3 Å². The molecule has 1 heterocycles. The Bertz CT molecular complexity index is 390. The van der Waals surface area contributed by atoms with Gasteiger partial charge in [0.05, 0.1) is 5.69 Å². The van der Waals surface area contributed by atoms with E-state index in [0.717, 1.165) is 12.6 Å². The maximum absolute atomic E-state index is 4.81. The molecule has 1 N–H and O–H groups in total. The third kappa shape index (κ3) is 4.77. The summed E-state index contributed by atoms with van der Waals surface area (Å²) in [4.78, 5) is 7.33. The monoisotopic (exact) mass is 281 g/mol. The Labute approximate surface area is 121 Å². The second-order valence-electron chi connectivity index (χ2n) is 6.50. The molecule has 108 valence electrons. The van der Waals surface area contributed by atoms with Crippen LogP contribution in [-0.2, 0) is 6.54 Å². The van der Waals surface area contributed by atoms with Crippen LogP contribution in [0.1, 0.15) is 59.1 Å². The summed E-state index contributed by atoms with van der Waals surface area (Å²) in [5, 5.41) is 6.93. The lowest BCUT2D eigenvalue weighted by atomic mass is 10.1. The van der Waals surface area contributed by atoms with Gasteiger partial charge in [-0.25, -0.2) is 4.98 Å². The minimum absolute atomic E-state index is 0.155. The van der Waals surface area contributed by atoms with Crippen molar-refractivity contribution in [2.75, 3.05) is 11.4 Å². The molecule has 3 nitrogen and oxygen atoms in total. The number of thiazole rings is 1. The maximum atomic E-state index is 4.81. The average Bonchev–Trinajstić information content (AvgIpc) is 3.05. The lowest BCUT2D eigenvalue weighted by molar-refractivity contribution is 0.422. The second kappa shape index (κ2) is 6.23. The van der Waals surface area contributed by atoms with Crippen molar-refractivity contribution >= 4 is 16.5 Å². The first-order valence-electron chi connectivity index (χ1n) is 7.45. The molecule has 1 saturated carbocycles. The molecule has 0 saturated heterocycles. The second-order valence-corrected chi connectivity index (χ2v) is 7.34. The number of nitrogens with one attached hydrogen (secondary N) is 1. The maximum Gasteiger partial charge on any atom is 0.185 e. The molecule has 4 heteroatoms. The molecule has 1 fully saturated rings. The highest BCUT2D eigenvalue weighted by Gasteiger charge is 2.30. The molecule has 0 aromatic carbocycles. The molecule has 0 amide bonds. The number of nitrogens with zero attached hydrogens (tertiary/aromatic N) is 2. The summed E-state index contributed by atoms with van der Waals surface area (Å²) in [5.74, 6) is 0. The molecule has 0 atom stereocenters. The molecule has 2 rings (SSSR count). The van der Waals surface area contributed by atoms with Gasteiger partial charge in [0.2, 0.25) is 0 Å². The summed E-state index contributed by atoms with van der Waals surface area (Å²) in [6.07, 6.45) is 5.22. The number of rotatable bonds is 7. The minimum Gasteiger partial charge on any atom is -0.345 e. The average molecular weight is 281 g/mol. The van der Waals surface area contributed by atoms with Crippen LogP contribution in [-0.4, -0.2) is 23.1 Å². The summed E-state index contributed by atoms with van der Waals surface area (Å²) >= 11 is 1.80. The van der Waals surface area contributed by atoms with Gasteiger partial charge in [-0.3, -0.25) is 0 Å². The lowest BCUT2D eigenvalue weighted by Gasteiger charge is -2.21. The van der Waals surface area contributed by atoms with Gasteiger partial charge >= 0.3 is 0 Å². The van der Waals surface area contributed by atoms with E-state index in [-0.39, 0.29) is 5.54 Å². The SMILES string of the molecule is CCCCN(c1nc(CNC(C)(C)C)cs1)C1CC1. The minimum atomic E-state index is 0.155. The summed E-state index contributed by atoms with van der Waals surface area (Å²) < 4.78 is 0. The van der Waals surface area contributed by atoms with Crippen LogP contribution in [0.5, 0.6) is 0 Å². The Hall–Kier alpha value is -0.610. The fourth-order valence-electron chi connectivity index (χ4n) is 2.01. The Morgan fingerprint density at radius 2 is 2.16 bits per heavy atom. The number of hydrogen-bond donors (Lipinski definition) is 1. The quantitative estimate of drug-likeness (QED) is 0.824. The van der Waals surface area contributed by atoms with Gasteiger partial charge in [-0.1, -0.05) is 13.3 Å². The van der Waals surface area contributed by atoms with Crippen molar-refractivity contribution in [1.29, 1.82) is 0 Å². The van der Waals surface area contributed by atoms with Crippen LogP contribution in [0.4, 0.5) is 5.13 Å². The molecule has 1 aromatic heterocycles. The topological polar surface area (TPSA) is 28.2 Å².